The van der Waals surface area contributed by atoms with E-state index in [2.05, 4.69) is 9.97 Å². The molecule has 0 fully saturated rings. The lowest BCUT2D eigenvalue weighted by atomic mass is 10.5. The molecule has 2 aromatic heterocycles. The van der Waals surface area contributed by atoms with Crippen LogP contribution in [0.25, 0.3) is 5.65 Å². The van der Waals surface area contributed by atoms with Crippen molar-refractivity contribution in [3.63, 3.8) is 0 Å². The van der Waals surface area contributed by atoms with Gasteiger partial charge in [-0.1, -0.05) is 11.6 Å². The van der Waals surface area contributed by atoms with Crippen LogP contribution in [0.1, 0.15) is 5.82 Å². The van der Waals surface area contributed by atoms with E-state index >= 15 is 0 Å². The maximum absolute atomic E-state index is 5.72. The highest BCUT2D eigenvalue weighted by Gasteiger charge is 1.98. The van der Waals surface area contributed by atoms with Gasteiger partial charge in [-0.25, -0.2) is 9.97 Å². The van der Waals surface area contributed by atoms with E-state index in [1.165, 1.54) is 0 Å². The van der Waals surface area contributed by atoms with E-state index in [4.69, 9.17) is 11.6 Å². The number of halogens is 1. The fourth-order valence-electron chi connectivity index (χ4n) is 1.04. The van der Waals surface area contributed by atoms with Gasteiger partial charge in [0.05, 0.1) is 0 Å². The van der Waals surface area contributed by atoms with E-state index in [1.54, 1.807) is 12.3 Å². The zero-order valence-electron chi connectivity index (χ0n) is 5.95. The molecule has 0 aromatic carbocycles. The van der Waals surface area contributed by atoms with Crippen molar-refractivity contribution >= 4 is 17.2 Å². The third kappa shape index (κ3) is 0.973. The van der Waals surface area contributed by atoms with Gasteiger partial charge in [-0.2, -0.15) is 0 Å². The van der Waals surface area contributed by atoms with Crippen molar-refractivity contribution in [2.45, 2.75) is 6.92 Å². The van der Waals surface area contributed by atoms with Crippen LogP contribution in [0.2, 0.25) is 5.15 Å². The normalized spacial score (nSPS) is 10.7. The Balaban J connectivity index is 2.91. The smallest absolute Gasteiger partial charge is 0.141 e. The Morgan fingerprint density at radius 3 is 3.18 bits per heavy atom. The van der Waals surface area contributed by atoms with E-state index in [-0.39, 0.29) is 0 Å². The molecule has 2 rings (SSSR count). The van der Waals surface area contributed by atoms with Crippen LogP contribution in [0.3, 0.4) is 0 Å². The molecule has 0 unspecified atom stereocenters. The Morgan fingerprint density at radius 2 is 2.36 bits per heavy atom. The fraction of sp³-hybridized carbons (Fsp3) is 0.143. The molecule has 0 aliphatic carbocycles. The third-order valence-electron chi connectivity index (χ3n) is 1.53. The predicted molar refractivity (Wildman–Crippen MR) is 42.7 cm³/mol. The Hall–Kier alpha value is -1.09. The van der Waals surface area contributed by atoms with Crippen molar-refractivity contribution in [3.8, 4) is 0 Å². The van der Waals surface area contributed by atoms with Crippen LogP contribution >= 0.6 is 11.6 Å². The summed E-state index contributed by atoms with van der Waals surface area (Å²) in [4.78, 5) is 8.14. The SMILES string of the molecule is Cc1nc(Cl)cc2nccn12. The molecule has 0 saturated carbocycles. The van der Waals surface area contributed by atoms with Crippen molar-refractivity contribution in [1.29, 1.82) is 0 Å². The van der Waals surface area contributed by atoms with E-state index in [0.717, 1.165) is 11.5 Å². The second-order valence-corrected chi connectivity index (χ2v) is 2.67. The van der Waals surface area contributed by atoms with Crippen LogP contribution in [0.5, 0.6) is 0 Å². The van der Waals surface area contributed by atoms with Gasteiger partial charge in [-0.05, 0) is 6.92 Å². The zero-order valence-corrected chi connectivity index (χ0v) is 6.71. The molecule has 11 heavy (non-hydrogen) atoms. The van der Waals surface area contributed by atoms with Crippen molar-refractivity contribution in [3.05, 3.63) is 29.4 Å². The molecule has 56 valence electrons. The molecule has 0 amide bonds. The van der Waals surface area contributed by atoms with Crippen LogP contribution in [0, 0.1) is 6.92 Å². The van der Waals surface area contributed by atoms with Gasteiger partial charge in [-0.15, -0.1) is 0 Å². The number of rotatable bonds is 0. The first kappa shape index (κ1) is 6.61. The standard InChI is InChI=1S/C7H6ClN3/c1-5-10-6(8)4-7-9-2-3-11(5)7/h2-4H,1H3. The van der Waals surface area contributed by atoms with Gasteiger partial charge in [-0.3, -0.25) is 4.40 Å². The van der Waals surface area contributed by atoms with E-state index in [0.29, 0.717) is 5.15 Å². The van der Waals surface area contributed by atoms with E-state index in [1.807, 2.05) is 17.5 Å². The summed E-state index contributed by atoms with van der Waals surface area (Å²) in [6, 6.07) is 1.73. The summed E-state index contributed by atoms with van der Waals surface area (Å²) < 4.78 is 1.88. The number of fused-ring (bicyclic) bond motifs is 1. The number of nitrogens with zero attached hydrogens (tertiary/aromatic N) is 3. The van der Waals surface area contributed by atoms with Gasteiger partial charge in [0.15, 0.2) is 0 Å². The fourth-order valence-corrected chi connectivity index (χ4v) is 1.26. The molecule has 0 bridgehead atoms. The Bertz CT molecular complexity index is 393. The summed E-state index contributed by atoms with van der Waals surface area (Å²) in [7, 11) is 0. The van der Waals surface area contributed by atoms with Crippen LogP contribution in [-0.4, -0.2) is 14.4 Å². The topological polar surface area (TPSA) is 30.2 Å². The zero-order chi connectivity index (χ0) is 7.84. The predicted octanol–water partition coefficient (Wildman–Crippen LogP) is 1.69. The highest BCUT2D eigenvalue weighted by Crippen LogP contribution is 2.09. The Morgan fingerprint density at radius 1 is 1.55 bits per heavy atom. The molecule has 0 atom stereocenters. The van der Waals surface area contributed by atoms with Gasteiger partial charge >= 0.3 is 0 Å². The summed E-state index contributed by atoms with van der Waals surface area (Å²) in [5.41, 5.74) is 0.836. The molecule has 2 heterocycles. The Kier molecular flexibility index (Phi) is 1.32. The lowest BCUT2D eigenvalue weighted by Gasteiger charge is -1.97. The van der Waals surface area contributed by atoms with Crippen molar-refractivity contribution in [1.82, 2.24) is 14.4 Å². The second kappa shape index (κ2) is 2.20. The summed E-state index contributed by atoms with van der Waals surface area (Å²) in [6.07, 6.45) is 3.58. The van der Waals surface area contributed by atoms with Crippen LogP contribution in [-0.2, 0) is 0 Å². The lowest BCUT2D eigenvalue weighted by molar-refractivity contribution is 0.989. The monoisotopic (exact) mass is 167 g/mol. The minimum absolute atomic E-state index is 0.487. The first-order valence-electron chi connectivity index (χ1n) is 3.23. The molecule has 0 aliphatic rings. The number of aromatic nitrogens is 3. The highest BCUT2D eigenvalue weighted by molar-refractivity contribution is 6.29. The molecular formula is C7H6ClN3. The van der Waals surface area contributed by atoms with E-state index in [9.17, 15) is 0 Å². The average molecular weight is 168 g/mol. The van der Waals surface area contributed by atoms with Crippen LogP contribution in [0.4, 0.5) is 0 Å². The minimum atomic E-state index is 0.487. The van der Waals surface area contributed by atoms with Gasteiger partial charge in [0, 0.05) is 18.5 Å². The first-order valence-corrected chi connectivity index (χ1v) is 3.61. The summed E-state index contributed by atoms with van der Waals surface area (Å²) in [6.45, 7) is 1.89. The second-order valence-electron chi connectivity index (χ2n) is 2.28. The molecule has 4 heteroatoms. The summed E-state index contributed by atoms with van der Waals surface area (Å²) in [5.74, 6) is 0.852. The van der Waals surface area contributed by atoms with E-state index < -0.39 is 0 Å². The van der Waals surface area contributed by atoms with Gasteiger partial charge in [0.1, 0.15) is 16.6 Å². The molecule has 0 saturated heterocycles. The number of aryl methyl sites for hydroxylation is 1. The first-order chi connectivity index (χ1) is 5.27. The van der Waals surface area contributed by atoms with Crippen molar-refractivity contribution in [2.75, 3.05) is 0 Å². The summed E-state index contributed by atoms with van der Waals surface area (Å²) in [5, 5.41) is 0.487. The lowest BCUT2D eigenvalue weighted by Crippen LogP contribution is -1.93. The highest BCUT2D eigenvalue weighted by atomic mass is 35.5. The maximum atomic E-state index is 5.72. The number of hydrogen-bond acceptors (Lipinski definition) is 2. The Labute approximate surface area is 68.7 Å². The van der Waals surface area contributed by atoms with Crippen LogP contribution < -0.4 is 0 Å². The number of imidazole rings is 1. The largest absolute Gasteiger partial charge is 0.288 e. The molecule has 0 radical (unpaired) electrons. The molecule has 3 nitrogen and oxygen atoms in total. The van der Waals surface area contributed by atoms with Gasteiger partial charge in [0.2, 0.25) is 0 Å². The molecular weight excluding hydrogens is 162 g/mol. The van der Waals surface area contributed by atoms with Gasteiger partial charge in [0.25, 0.3) is 0 Å². The molecule has 0 N–H and O–H groups in total. The molecule has 0 spiro atoms. The quantitative estimate of drug-likeness (QED) is 0.559. The van der Waals surface area contributed by atoms with Crippen LogP contribution in [0.15, 0.2) is 18.5 Å². The molecule has 0 aliphatic heterocycles. The van der Waals surface area contributed by atoms with Crippen molar-refractivity contribution < 1.29 is 0 Å². The third-order valence-corrected chi connectivity index (χ3v) is 1.73. The number of hydrogen-bond donors (Lipinski definition) is 0. The molecule has 2 aromatic rings. The van der Waals surface area contributed by atoms with Crippen molar-refractivity contribution in [2.24, 2.45) is 0 Å². The summed E-state index contributed by atoms with van der Waals surface area (Å²) >= 11 is 5.72. The van der Waals surface area contributed by atoms with Gasteiger partial charge < -0.3 is 0 Å². The maximum Gasteiger partial charge on any atom is 0.141 e. The average Bonchev–Trinajstić information content (AvgIpc) is 2.34. The minimum Gasteiger partial charge on any atom is -0.288 e.